The molecule has 0 unspecified atom stereocenters. The number of carboxylic acids is 2. The lowest BCUT2D eigenvalue weighted by Crippen LogP contribution is -2.44. The van der Waals surface area contributed by atoms with E-state index in [4.69, 9.17) is 10.2 Å². The fourth-order valence-corrected chi connectivity index (χ4v) is 1.93. The van der Waals surface area contributed by atoms with E-state index in [9.17, 15) is 14.4 Å². The molecule has 16 heavy (non-hydrogen) atoms. The van der Waals surface area contributed by atoms with Crippen LogP contribution < -0.4 is 0 Å². The van der Waals surface area contributed by atoms with Crippen LogP contribution in [0.2, 0.25) is 0 Å². The minimum absolute atomic E-state index is 0.187. The van der Waals surface area contributed by atoms with Gasteiger partial charge in [0.05, 0.1) is 0 Å². The van der Waals surface area contributed by atoms with Crippen molar-refractivity contribution in [3.8, 4) is 0 Å². The SMILES string of the molecule is O=C(O)C1(C(=O)O)Cc2ccccc2C1=O. The molecule has 1 aromatic rings. The molecule has 0 amide bonds. The van der Waals surface area contributed by atoms with Crippen LogP contribution in [0.3, 0.4) is 0 Å². The van der Waals surface area contributed by atoms with Gasteiger partial charge in [0.1, 0.15) is 0 Å². The Labute approximate surface area is 90.3 Å². The van der Waals surface area contributed by atoms with E-state index in [-0.39, 0.29) is 12.0 Å². The number of carboxylic acid groups (broad SMARTS) is 2. The van der Waals surface area contributed by atoms with Gasteiger partial charge in [0.15, 0.2) is 5.78 Å². The van der Waals surface area contributed by atoms with Gasteiger partial charge >= 0.3 is 11.9 Å². The number of Topliss-reactive ketones (excluding diaryl/α,β-unsaturated/α-hetero) is 1. The maximum absolute atomic E-state index is 11.8. The molecule has 2 rings (SSSR count). The number of aliphatic carboxylic acids is 2. The van der Waals surface area contributed by atoms with Crippen molar-refractivity contribution in [2.24, 2.45) is 5.41 Å². The van der Waals surface area contributed by atoms with E-state index in [1.165, 1.54) is 6.07 Å². The van der Waals surface area contributed by atoms with Crippen molar-refractivity contribution in [3.63, 3.8) is 0 Å². The first-order valence-electron chi connectivity index (χ1n) is 4.59. The number of rotatable bonds is 2. The number of ketones is 1. The molecule has 0 saturated heterocycles. The van der Waals surface area contributed by atoms with Gasteiger partial charge in [0.25, 0.3) is 0 Å². The van der Waals surface area contributed by atoms with Gasteiger partial charge in [0, 0.05) is 12.0 Å². The summed E-state index contributed by atoms with van der Waals surface area (Å²) in [5.74, 6) is -4.06. The van der Waals surface area contributed by atoms with Crippen LogP contribution in [0.5, 0.6) is 0 Å². The molecular formula is C11H8O5. The van der Waals surface area contributed by atoms with E-state index in [1.807, 2.05) is 0 Å². The Hall–Kier alpha value is -2.17. The van der Waals surface area contributed by atoms with E-state index in [0.717, 1.165) is 0 Å². The van der Waals surface area contributed by atoms with E-state index >= 15 is 0 Å². The van der Waals surface area contributed by atoms with Crippen molar-refractivity contribution >= 4 is 17.7 Å². The topological polar surface area (TPSA) is 91.7 Å². The Morgan fingerprint density at radius 3 is 2.19 bits per heavy atom. The highest BCUT2D eigenvalue weighted by molar-refractivity contribution is 6.27. The predicted octanol–water partition coefficient (Wildman–Crippen LogP) is 0.581. The second kappa shape index (κ2) is 3.16. The summed E-state index contributed by atoms with van der Waals surface area (Å²) in [5, 5.41) is 18.0. The van der Waals surface area contributed by atoms with E-state index in [1.54, 1.807) is 18.2 Å². The van der Waals surface area contributed by atoms with Crippen LogP contribution in [0.15, 0.2) is 24.3 Å². The smallest absolute Gasteiger partial charge is 0.329 e. The molecule has 2 N–H and O–H groups in total. The number of carbonyl (C=O) groups is 3. The molecule has 0 atom stereocenters. The van der Waals surface area contributed by atoms with Gasteiger partial charge in [-0.1, -0.05) is 24.3 Å². The fraction of sp³-hybridized carbons (Fsp3) is 0.182. The molecule has 0 fully saturated rings. The van der Waals surface area contributed by atoms with Crippen LogP contribution >= 0.6 is 0 Å². The third kappa shape index (κ3) is 1.08. The highest BCUT2D eigenvalue weighted by Crippen LogP contribution is 2.37. The van der Waals surface area contributed by atoms with Gasteiger partial charge < -0.3 is 10.2 Å². The average molecular weight is 220 g/mol. The third-order valence-electron chi connectivity index (χ3n) is 2.84. The molecular weight excluding hydrogens is 212 g/mol. The van der Waals surface area contributed by atoms with Crippen molar-refractivity contribution in [3.05, 3.63) is 35.4 Å². The summed E-state index contributed by atoms with van der Waals surface area (Å²) >= 11 is 0. The first kappa shape index (κ1) is 10.4. The third-order valence-corrected chi connectivity index (χ3v) is 2.84. The quantitative estimate of drug-likeness (QED) is 0.711. The van der Waals surface area contributed by atoms with Crippen molar-refractivity contribution in [1.29, 1.82) is 0 Å². The molecule has 82 valence electrons. The normalized spacial score (nSPS) is 16.9. The summed E-state index contributed by atoms with van der Waals surface area (Å²) < 4.78 is 0. The zero-order valence-corrected chi connectivity index (χ0v) is 8.14. The molecule has 0 spiro atoms. The first-order valence-corrected chi connectivity index (χ1v) is 4.59. The van der Waals surface area contributed by atoms with Crippen LogP contribution in [0.25, 0.3) is 0 Å². The Bertz CT molecular complexity index is 489. The summed E-state index contributed by atoms with van der Waals surface area (Å²) in [6, 6.07) is 6.24. The maximum atomic E-state index is 11.8. The molecule has 5 nitrogen and oxygen atoms in total. The Balaban J connectivity index is 2.62. The monoisotopic (exact) mass is 220 g/mol. The van der Waals surface area contributed by atoms with Crippen molar-refractivity contribution in [1.82, 2.24) is 0 Å². The van der Waals surface area contributed by atoms with E-state index < -0.39 is 23.1 Å². The summed E-state index contributed by atoms with van der Waals surface area (Å²) in [6.45, 7) is 0. The number of fused-ring (bicyclic) bond motifs is 1. The highest BCUT2D eigenvalue weighted by Gasteiger charge is 2.58. The Kier molecular flexibility index (Phi) is 2.05. The number of carbonyl (C=O) groups excluding carboxylic acids is 1. The molecule has 1 aliphatic carbocycles. The summed E-state index contributed by atoms with van der Waals surface area (Å²) in [7, 11) is 0. The summed E-state index contributed by atoms with van der Waals surface area (Å²) in [5.41, 5.74) is -1.69. The standard InChI is InChI=1S/C11H8O5/c12-8-7-4-2-1-3-6(7)5-11(8,9(13)14)10(15)16/h1-4H,5H2,(H,13,14)(H,15,16). The van der Waals surface area contributed by atoms with Crippen LogP contribution in [0.1, 0.15) is 15.9 Å². The lowest BCUT2D eigenvalue weighted by atomic mass is 9.84. The van der Waals surface area contributed by atoms with Crippen LogP contribution in [-0.4, -0.2) is 27.9 Å². The molecule has 1 aliphatic rings. The average Bonchev–Trinajstić information content (AvgIpc) is 2.54. The highest BCUT2D eigenvalue weighted by atomic mass is 16.4. The predicted molar refractivity (Wildman–Crippen MR) is 52.2 cm³/mol. The largest absolute Gasteiger partial charge is 0.480 e. The number of hydrogen-bond acceptors (Lipinski definition) is 3. The first-order chi connectivity index (χ1) is 7.50. The van der Waals surface area contributed by atoms with E-state index in [0.29, 0.717) is 5.56 Å². The molecule has 0 saturated carbocycles. The summed E-state index contributed by atoms with van der Waals surface area (Å²) in [6.07, 6.45) is -0.285. The van der Waals surface area contributed by atoms with Crippen LogP contribution in [-0.2, 0) is 16.0 Å². The molecule has 5 heteroatoms. The van der Waals surface area contributed by atoms with Gasteiger partial charge in [-0.05, 0) is 5.56 Å². The Morgan fingerprint density at radius 2 is 1.69 bits per heavy atom. The molecule has 0 aromatic heterocycles. The lowest BCUT2D eigenvalue weighted by molar-refractivity contribution is -0.159. The zero-order valence-electron chi connectivity index (χ0n) is 8.14. The van der Waals surface area contributed by atoms with Gasteiger partial charge in [-0.15, -0.1) is 0 Å². The minimum Gasteiger partial charge on any atom is -0.480 e. The van der Waals surface area contributed by atoms with Crippen molar-refractivity contribution < 1.29 is 24.6 Å². The number of hydrogen-bond donors (Lipinski definition) is 2. The fourth-order valence-electron chi connectivity index (χ4n) is 1.93. The van der Waals surface area contributed by atoms with Crippen molar-refractivity contribution in [2.45, 2.75) is 6.42 Å². The van der Waals surface area contributed by atoms with Crippen LogP contribution in [0, 0.1) is 5.41 Å². The summed E-state index contributed by atoms with van der Waals surface area (Å²) in [4.78, 5) is 33.9. The van der Waals surface area contributed by atoms with Gasteiger partial charge in [-0.2, -0.15) is 0 Å². The molecule has 1 aromatic carbocycles. The lowest BCUT2D eigenvalue weighted by Gasteiger charge is -2.15. The maximum Gasteiger partial charge on any atom is 0.329 e. The molecule has 0 heterocycles. The molecule has 0 bridgehead atoms. The van der Waals surface area contributed by atoms with Gasteiger partial charge in [-0.25, -0.2) is 0 Å². The number of benzene rings is 1. The Morgan fingerprint density at radius 1 is 1.12 bits per heavy atom. The molecule has 0 radical (unpaired) electrons. The second-order valence-corrected chi connectivity index (χ2v) is 3.68. The van der Waals surface area contributed by atoms with Gasteiger partial charge in [0.2, 0.25) is 5.41 Å². The molecule has 0 aliphatic heterocycles. The van der Waals surface area contributed by atoms with Gasteiger partial charge in [-0.3, -0.25) is 14.4 Å². The minimum atomic E-state index is -2.34. The van der Waals surface area contributed by atoms with Crippen LogP contribution in [0.4, 0.5) is 0 Å². The second-order valence-electron chi connectivity index (χ2n) is 3.68. The van der Waals surface area contributed by atoms with Crippen molar-refractivity contribution in [2.75, 3.05) is 0 Å². The van der Waals surface area contributed by atoms with E-state index in [2.05, 4.69) is 0 Å². The zero-order chi connectivity index (χ0) is 11.9.